The number of nitrogens with zero attached hydrogens (tertiary/aromatic N) is 7. The van der Waals surface area contributed by atoms with E-state index in [2.05, 4.69) is 44.9 Å². The van der Waals surface area contributed by atoms with Crippen LogP contribution in [0.15, 0.2) is 54.2 Å². The molecule has 12 heteroatoms. The van der Waals surface area contributed by atoms with Crippen LogP contribution in [0, 0.1) is 17.2 Å². The summed E-state index contributed by atoms with van der Waals surface area (Å²) in [5.74, 6) is 1.43. The molecule has 0 saturated heterocycles. The fourth-order valence-electron chi connectivity index (χ4n) is 4.44. The molecule has 2 N–H and O–H groups in total. The molecule has 0 atom stereocenters. The monoisotopic (exact) mass is 601 g/mol. The van der Waals surface area contributed by atoms with Crippen LogP contribution in [-0.4, -0.2) is 75.4 Å². The maximum Gasteiger partial charge on any atom is 0.247 e. The van der Waals surface area contributed by atoms with Crippen molar-refractivity contribution in [3.8, 4) is 11.8 Å². The van der Waals surface area contributed by atoms with Gasteiger partial charge in [0, 0.05) is 32.7 Å². The van der Waals surface area contributed by atoms with Crippen molar-refractivity contribution in [1.29, 1.82) is 5.26 Å². The Labute approximate surface area is 257 Å². The predicted molar refractivity (Wildman–Crippen MR) is 174 cm³/mol. The highest BCUT2D eigenvalue weighted by atomic mass is 35.5. The molecule has 1 fully saturated rings. The molecule has 1 aromatic heterocycles. The third kappa shape index (κ3) is 7.80. The SMILES string of the molecule is C=CC(=O)Nc1cc(Nc2ncc(Cl)c(N(CC3CC3)c3ccc(C#N)cc3N=C)n2)c(OC)cc1N(C)CCN(C)C. The van der Waals surface area contributed by atoms with Gasteiger partial charge in [0.2, 0.25) is 11.9 Å². The Morgan fingerprint density at radius 3 is 2.60 bits per heavy atom. The van der Waals surface area contributed by atoms with Gasteiger partial charge in [-0.25, -0.2) is 4.98 Å². The lowest BCUT2D eigenvalue weighted by Gasteiger charge is -2.27. The van der Waals surface area contributed by atoms with E-state index in [1.165, 1.54) is 12.3 Å². The van der Waals surface area contributed by atoms with Crippen molar-refractivity contribution in [1.82, 2.24) is 14.9 Å². The van der Waals surface area contributed by atoms with E-state index in [9.17, 15) is 10.1 Å². The van der Waals surface area contributed by atoms with Gasteiger partial charge >= 0.3 is 0 Å². The number of benzene rings is 2. The molecule has 224 valence electrons. The highest BCUT2D eigenvalue weighted by Gasteiger charge is 2.29. The van der Waals surface area contributed by atoms with Gasteiger partial charge in [-0.1, -0.05) is 18.2 Å². The van der Waals surface area contributed by atoms with E-state index in [1.54, 1.807) is 25.3 Å². The lowest BCUT2D eigenvalue weighted by atomic mass is 10.1. The number of hydrogen-bond acceptors (Lipinski definition) is 10. The minimum atomic E-state index is -0.340. The Balaban J connectivity index is 1.74. The molecular weight excluding hydrogens is 566 g/mol. The number of halogens is 1. The maximum absolute atomic E-state index is 12.3. The largest absolute Gasteiger partial charge is 0.494 e. The fourth-order valence-corrected chi connectivity index (χ4v) is 4.63. The van der Waals surface area contributed by atoms with Gasteiger partial charge in [0.15, 0.2) is 5.82 Å². The van der Waals surface area contributed by atoms with Gasteiger partial charge in [0.25, 0.3) is 0 Å². The fraction of sp³-hybridized carbons (Fsp3) is 0.323. The van der Waals surface area contributed by atoms with Gasteiger partial charge in [0.05, 0.1) is 53.4 Å². The second-order valence-corrected chi connectivity index (χ2v) is 10.9. The molecule has 3 aromatic rings. The van der Waals surface area contributed by atoms with E-state index < -0.39 is 0 Å². The summed E-state index contributed by atoms with van der Waals surface area (Å²) >= 11 is 6.68. The summed E-state index contributed by atoms with van der Waals surface area (Å²) in [6.45, 7) is 9.49. The summed E-state index contributed by atoms with van der Waals surface area (Å²) in [4.78, 5) is 31.9. The topological polar surface area (TPSA) is 122 Å². The number of carbonyl (C=O) groups excluding carboxylic acids is 1. The molecular formula is C31H36ClN9O2. The second kappa shape index (κ2) is 14.0. The van der Waals surface area contributed by atoms with E-state index in [0.717, 1.165) is 37.3 Å². The van der Waals surface area contributed by atoms with Crippen LogP contribution in [0.25, 0.3) is 0 Å². The van der Waals surface area contributed by atoms with E-state index >= 15 is 0 Å². The van der Waals surface area contributed by atoms with Crippen LogP contribution in [0.1, 0.15) is 18.4 Å². The molecule has 2 aromatic carbocycles. The highest BCUT2D eigenvalue weighted by Crippen LogP contribution is 2.42. The van der Waals surface area contributed by atoms with Crippen LogP contribution in [0.4, 0.5) is 40.2 Å². The summed E-state index contributed by atoms with van der Waals surface area (Å²) in [6, 6.07) is 11.0. The molecule has 1 saturated carbocycles. The zero-order valence-electron chi connectivity index (χ0n) is 24.9. The summed E-state index contributed by atoms with van der Waals surface area (Å²) in [5.41, 5.74) is 3.67. The van der Waals surface area contributed by atoms with Gasteiger partial charge in [-0.05, 0) is 69.9 Å². The quantitative estimate of drug-likeness (QED) is 0.175. The van der Waals surface area contributed by atoms with Crippen molar-refractivity contribution >= 4 is 64.4 Å². The normalized spacial score (nSPS) is 12.3. The van der Waals surface area contributed by atoms with Gasteiger partial charge in [-0.2, -0.15) is 10.2 Å². The van der Waals surface area contributed by atoms with Crippen LogP contribution < -0.4 is 25.2 Å². The molecule has 1 heterocycles. The third-order valence-electron chi connectivity index (χ3n) is 6.99. The van der Waals surface area contributed by atoms with Crippen molar-refractivity contribution in [3.63, 3.8) is 0 Å². The second-order valence-electron chi connectivity index (χ2n) is 10.5. The zero-order valence-corrected chi connectivity index (χ0v) is 25.6. The Kier molecular flexibility index (Phi) is 10.2. The number of aliphatic imine (C=N–C) groups is 1. The number of anilines is 6. The number of methoxy groups -OCH3 is 1. The van der Waals surface area contributed by atoms with Crippen molar-refractivity contribution in [2.45, 2.75) is 12.8 Å². The number of likely N-dealkylation sites (N-methyl/N-ethyl adjacent to an activating group) is 2. The lowest BCUT2D eigenvalue weighted by Crippen LogP contribution is -2.29. The average molecular weight is 602 g/mol. The first kappa shape index (κ1) is 31.3. The van der Waals surface area contributed by atoms with Crippen LogP contribution in [0.2, 0.25) is 5.02 Å². The number of rotatable bonds is 14. The first-order valence-corrected chi connectivity index (χ1v) is 14.1. The Hall–Kier alpha value is -4.66. The first-order valence-electron chi connectivity index (χ1n) is 13.8. The summed E-state index contributed by atoms with van der Waals surface area (Å²) in [5, 5.41) is 15.9. The molecule has 0 radical (unpaired) electrons. The Morgan fingerprint density at radius 1 is 1.21 bits per heavy atom. The highest BCUT2D eigenvalue weighted by molar-refractivity contribution is 6.33. The van der Waals surface area contributed by atoms with Crippen LogP contribution in [-0.2, 0) is 4.79 Å². The van der Waals surface area contributed by atoms with Crippen molar-refractivity contribution in [3.05, 3.63) is 59.8 Å². The summed E-state index contributed by atoms with van der Waals surface area (Å²) < 4.78 is 5.73. The lowest BCUT2D eigenvalue weighted by molar-refractivity contribution is -0.111. The number of nitriles is 1. The molecule has 1 aliphatic rings. The summed E-state index contributed by atoms with van der Waals surface area (Å²) in [6.07, 6.45) is 4.96. The van der Waals surface area contributed by atoms with Gasteiger partial charge < -0.3 is 30.1 Å². The first-order chi connectivity index (χ1) is 20.7. The number of hydrogen-bond donors (Lipinski definition) is 2. The van der Waals surface area contributed by atoms with Crippen molar-refractivity contribution in [2.75, 3.05) is 68.3 Å². The molecule has 0 aliphatic heterocycles. The maximum atomic E-state index is 12.3. The Bertz CT molecular complexity index is 1550. The molecule has 43 heavy (non-hydrogen) atoms. The molecule has 0 unspecified atom stereocenters. The molecule has 1 amide bonds. The number of aromatic nitrogens is 2. The van der Waals surface area contributed by atoms with E-state index in [4.69, 9.17) is 21.3 Å². The van der Waals surface area contributed by atoms with Crippen molar-refractivity contribution in [2.24, 2.45) is 10.9 Å². The predicted octanol–water partition coefficient (Wildman–Crippen LogP) is 5.76. The molecule has 0 spiro atoms. The summed E-state index contributed by atoms with van der Waals surface area (Å²) in [7, 11) is 7.54. The standard InChI is InChI=1S/C31H36ClN9O2/c1-7-29(42)36-24-15-25(28(43-6)16-27(24)40(5)13-12-39(3)4)37-31-35-18-22(32)30(38-31)41(19-20-8-9-20)26-11-10-21(17-33)14-23(26)34-2/h7,10-11,14-16,18,20H,1-2,8-9,12-13,19H2,3-6H3,(H,36,42)(H,35,37,38). The van der Waals surface area contributed by atoms with Gasteiger partial charge in [0.1, 0.15) is 10.8 Å². The number of ether oxygens (including phenoxy) is 1. The number of amides is 1. The van der Waals surface area contributed by atoms with Gasteiger partial charge in [-0.15, -0.1) is 0 Å². The minimum absolute atomic E-state index is 0.273. The average Bonchev–Trinajstić information content (AvgIpc) is 3.83. The number of carbonyl (C=O) groups is 1. The molecule has 0 bridgehead atoms. The molecule has 11 nitrogen and oxygen atoms in total. The molecule has 4 rings (SSSR count). The number of nitrogens with one attached hydrogen (secondary N) is 2. The van der Waals surface area contributed by atoms with Crippen LogP contribution in [0.3, 0.4) is 0 Å². The van der Waals surface area contributed by atoms with E-state index in [0.29, 0.717) is 51.7 Å². The van der Waals surface area contributed by atoms with E-state index in [1.807, 2.05) is 43.1 Å². The van der Waals surface area contributed by atoms with Crippen LogP contribution >= 0.6 is 11.6 Å². The van der Waals surface area contributed by atoms with Crippen molar-refractivity contribution < 1.29 is 9.53 Å². The van der Waals surface area contributed by atoms with Crippen LogP contribution in [0.5, 0.6) is 5.75 Å². The third-order valence-corrected chi connectivity index (χ3v) is 7.25. The smallest absolute Gasteiger partial charge is 0.247 e. The minimum Gasteiger partial charge on any atom is -0.494 e. The van der Waals surface area contributed by atoms with Gasteiger partial charge in [-0.3, -0.25) is 9.79 Å². The molecule has 1 aliphatic carbocycles. The Morgan fingerprint density at radius 2 is 1.98 bits per heavy atom. The van der Waals surface area contributed by atoms with E-state index in [-0.39, 0.29) is 11.9 Å². The zero-order chi connectivity index (χ0) is 31.1.